The Hall–Kier alpha value is -2.11. The molecular weight excluding hydrogens is 256 g/mol. The Morgan fingerprint density at radius 2 is 2.25 bits per heavy atom. The molecule has 2 amide bonds. The highest BCUT2D eigenvalue weighted by Crippen LogP contribution is 2.16. The van der Waals surface area contributed by atoms with Gasteiger partial charge in [0.2, 0.25) is 0 Å². The van der Waals surface area contributed by atoms with Crippen LogP contribution in [0.3, 0.4) is 0 Å². The number of hydrogen-bond acceptors (Lipinski definition) is 3. The van der Waals surface area contributed by atoms with Crippen LogP contribution < -0.4 is 10.6 Å². The number of aromatic nitrogens is 2. The number of carbonyl (C=O) groups excluding carboxylic acids is 2. The summed E-state index contributed by atoms with van der Waals surface area (Å²) in [6.45, 7) is 3.21. The summed E-state index contributed by atoms with van der Waals surface area (Å²) >= 11 is 0. The number of amides is 2. The van der Waals surface area contributed by atoms with Gasteiger partial charge in [0, 0.05) is 19.3 Å². The second kappa shape index (κ2) is 6.88. The maximum Gasteiger partial charge on any atom is 0.313 e. The summed E-state index contributed by atoms with van der Waals surface area (Å²) in [6, 6.07) is 0. The standard InChI is InChI=1S/C14H20N4O2/c1-2-18-10-12(9-16-18)17-14(20)13(19)15-8-11-6-4-3-5-7-11/h3-4,9-11H,2,5-8H2,1H3,(H,15,19)(H,17,20)/t11-/m1/s1. The van der Waals surface area contributed by atoms with Gasteiger partial charge in [-0.25, -0.2) is 0 Å². The maximum atomic E-state index is 11.7. The van der Waals surface area contributed by atoms with Crippen LogP contribution in [0.5, 0.6) is 0 Å². The van der Waals surface area contributed by atoms with Crippen LogP contribution >= 0.6 is 0 Å². The fourth-order valence-corrected chi connectivity index (χ4v) is 2.15. The van der Waals surface area contributed by atoms with E-state index in [1.54, 1.807) is 10.9 Å². The second-order valence-corrected chi connectivity index (χ2v) is 4.90. The van der Waals surface area contributed by atoms with E-state index in [4.69, 9.17) is 0 Å². The van der Waals surface area contributed by atoms with Gasteiger partial charge in [-0.3, -0.25) is 14.3 Å². The average Bonchev–Trinajstić information content (AvgIpc) is 2.93. The number of nitrogens with one attached hydrogen (secondary N) is 2. The molecule has 0 radical (unpaired) electrons. The van der Waals surface area contributed by atoms with Crippen LogP contribution in [-0.4, -0.2) is 28.1 Å². The summed E-state index contributed by atoms with van der Waals surface area (Å²) in [4.78, 5) is 23.4. The summed E-state index contributed by atoms with van der Waals surface area (Å²) in [6.07, 6.45) is 10.6. The summed E-state index contributed by atoms with van der Waals surface area (Å²) < 4.78 is 1.68. The molecule has 108 valence electrons. The Labute approximate surface area is 118 Å². The van der Waals surface area contributed by atoms with Crippen molar-refractivity contribution in [2.24, 2.45) is 5.92 Å². The van der Waals surface area contributed by atoms with Gasteiger partial charge in [0.25, 0.3) is 0 Å². The van der Waals surface area contributed by atoms with Gasteiger partial charge >= 0.3 is 11.8 Å². The van der Waals surface area contributed by atoms with Crippen molar-refractivity contribution in [1.29, 1.82) is 0 Å². The van der Waals surface area contributed by atoms with Crippen molar-refractivity contribution in [3.8, 4) is 0 Å². The number of rotatable bonds is 4. The number of carbonyl (C=O) groups is 2. The Morgan fingerprint density at radius 3 is 2.90 bits per heavy atom. The van der Waals surface area contributed by atoms with E-state index in [0.717, 1.165) is 25.8 Å². The zero-order chi connectivity index (χ0) is 14.4. The molecule has 0 aliphatic heterocycles. The zero-order valence-corrected chi connectivity index (χ0v) is 11.6. The van der Waals surface area contributed by atoms with Gasteiger partial charge in [-0.1, -0.05) is 12.2 Å². The third-order valence-corrected chi connectivity index (χ3v) is 3.35. The molecule has 2 rings (SSSR count). The van der Waals surface area contributed by atoms with Crippen molar-refractivity contribution in [1.82, 2.24) is 15.1 Å². The molecule has 2 N–H and O–H groups in total. The lowest BCUT2D eigenvalue weighted by atomic mass is 9.94. The minimum Gasteiger partial charge on any atom is -0.348 e. The number of allylic oxidation sites excluding steroid dienone is 2. The molecule has 1 aliphatic carbocycles. The fraction of sp³-hybridized carbons (Fsp3) is 0.500. The van der Waals surface area contributed by atoms with E-state index in [0.29, 0.717) is 18.2 Å². The fourth-order valence-electron chi connectivity index (χ4n) is 2.15. The highest BCUT2D eigenvalue weighted by Gasteiger charge is 2.17. The largest absolute Gasteiger partial charge is 0.348 e. The Bertz CT molecular complexity index is 507. The lowest BCUT2D eigenvalue weighted by Crippen LogP contribution is -2.38. The molecular formula is C14H20N4O2. The molecule has 1 aliphatic rings. The smallest absolute Gasteiger partial charge is 0.313 e. The first kappa shape index (κ1) is 14.3. The zero-order valence-electron chi connectivity index (χ0n) is 11.6. The first-order valence-electron chi connectivity index (χ1n) is 6.95. The molecule has 1 heterocycles. The molecule has 1 aromatic heterocycles. The second-order valence-electron chi connectivity index (χ2n) is 4.90. The molecule has 0 unspecified atom stereocenters. The predicted octanol–water partition coefficient (Wildman–Crippen LogP) is 1.31. The van der Waals surface area contributed by atoms with E-state index >= 15 is 0 Å². The predicted molar refractivity (Wildman–Crippen MR) is 76.0 cm³/mol. The van der Waals surface area contributed by atoms with E-state index in [1.807, 2.05) is 6.92 Å². The monoisotopic (exact) mass is 276 g/mol. The summed E-state index contributed by atoms with van der Waals surface area (Å²) in [5, 5.41) is 9.25. The first-order valence-corrected chi connectivity index (χ1v) is 6.95. The first-order chi connectivity index (χ1) is 9.69. The molecule has 0 saturated carbocycles. The van der Waals surface area contributed by atoms with Crippen LogP contribution in [0, 0.1) is 5.92 Å². The summed E-state index contributed by atoms with van der Waals surface area (Å²) in [5.74, 6) is -0.810. The maximum absolute atomic E-state index is 11.7. The number of anilines is 1. The van der Waals surface area contributed by atoms with Crippen LogP contribution in [0.15, 0.2) is 24.5 Å². The van der Waals surface area contributed by atoms with Crippen LogP contribution in [0.1, 0.15) is 26.2 Å². The van der Waals surface area contributed by atoms with Crippen molar-refractivity contribution in [3.63, 3.8) is 0 Å². The molecule has 1 atom stereocenters. The van der Waals surface area contributed by atoms with Gasteiger partial charge in [0.1, 0.15) is 0 Å². The molecule has 6 nitrogen and oxygen atoms in total. The van der Waals surface area contributed by atoms with Crippen molar-refractivity contribution >= 4 is 17.5 Å². The highest BCUT2D eigenvalue weighted by atomic mass is 16.2. The van der Waals surface area contributed by atoms with Crippen molar-refractivity contribution in [2.75, 3.05) is 11.9 Å². The van der Waals surface area contributed by atoms with Gasteiger partial charge < -0.3 is 10.6 Å². The molecule has 0 fully saturated rings. The third-order valence-electron chi connectivity index (χ3n) is 3.35. The van der Waals surface area contributed by atoms with Gasteiger partial charge in [-0.15, -0.1) is 0 Å². The molecule has 0 bridgehead atoms. The third kappa shape index (κ3) is 3.94. The SMILES string of the molecule is CCn1cc(NC(=O)C(=O)NC[C@@H]2CC=CCC2)cn1. The lowest BCUT2D eigenvalue weighted by molar-refractivity contribution is -0.136. The minimum atomic E-state index is -0.646. The van der Waals surface area contributed by atoms with E-state index in [2.05, 4.69) is 27.9 Å². The number of hydrogen-bond donors (Lipinski definition) is 2. The molecule has 20 heavy (non-hydrogen) atoms. The minimum absolute atomic E-state index is 0.430. The molecule has 0 aromatic carbocycles. The van der Waals surface area contributed by atoms with Gasteiger partial charge in [-0.05, 0) is 32.1 Å². The van der Waals surface area contributed by atoms with Crippen LogP contribution in [0.2, 0.25) is 0 Å². The Balaban J connectivity index is 1.76. The van der Waals surface area contributed by atoms with E-state index < -0.39 is 11.8 Å². The summed E-state index contributed by atoms with van der Waals surface area (Å²) in [7, 11) is 0. The van der Waals surface area contributed by atoms with Crippen LogP contribution in [-0.2, 0) is 16.1 Å². The van der Waals surface area contributed by atoms with Gasteiger partial charge in [0.15, 0.2) is 0 Å². The van der Waals surface area contributed by atoms with Crippen LogP contribution in [0.4, 0.5) is 5.69 Å². The molecule has 0 spiro atoms. The lowest BCUT2D eigenvalue weighted by Gasteiger charge is -2.17. The number of aryl methyl sites for hydroxylation is 1. The van der Waals surface area contributed by atoms with Crippen molar-refractivity contribution in [2.45, 2.75) is 32.7 Å². The topological polar surface area (TPSA) is 76.0 Å². The molecule has 0 saturated heterocycles. The van der Waals surface area contributed by atoms with E-state index in [9.17, 15) is 9.59 Å². The number of nitrogens with zero attached hydrogens (tertiary/aromatic N) is 2. The highest BCUT2D eigenvalue weighted by molar-refractivity contribution is 6.39. The van der Waals surface area contributed by atoms with Gasteiger partial charge in [0.05, 0.1) is 11.9 Å². The summed E-state index contributed by atoms with van der Waals surface area (Å²) in [5.41, 5.74) is 0.535. The van der Waals surface area contributed by atoms with Crippen molar-refractivity contribution < 1.29 is 9.59 Å². The van der Waals surface area contributed by atoms with Crippen LogP contribution in [0.25, 0.3) is 0 Å². The Kier molecular flexibility index (Phi) is 4.92. The quantitative estimate of drug-likeness (QED) is 0.643. The van der Waals surface area contributed by atoms with Crippen molar-refractivity contribution in [3.05, 3.63) is 24.5 Å². The normalized spacial score (nSPS) is 17.8. The Morgan fingerprint density at radius 1 is 1.40 bits per heavy atom. The molecule has 1 aromatic rings. The average molecular weight is 276 g/mol. The molecule has 6 heteroatoms. The van der Waals surface area contributed by atoms with Gasteiger partial charge in [-0.2, -0.15) is 5.10 Å². The van der Waals surface area contributed by atoms with E-state index in [-0.39, 0.29) is 0 Å². The van der Waals surface area contributed by atoms with E-state index in [1.165, 1.54) is 6.20 Å².